The van der Waals surface area contributed by atoms with Gasteiger partial charge in [0.2, 0.25) is 0 Å². The van der Waals surface area contributed by atoms with Crippen molar-refractivity contribution >= 4 is 23.3 Å². The minimum Gasteiger partial charge on any atom is -0.316 e. The molecule has 0 aliphatic carbocycles. The van der Waals surface area contributed by atoms with Gasteiger partial charge in [-0.15, -0.1) is 0 Å². The van der Waals surface area contributed by atoms with E-state index in [1.54, 1.807) is 29.2 Å². The zero-order valence-corrected chi connectivity index (χ0v) is 13.3. The highest BCUT2D eigenvalue weighted by molar-refractivity contribution is 6.30. The van der Waals surface area contributed by atoms with Crippen molar-refractivity contribution in [1.29, 1.82) is 5.26 Å². The number of hydrogen-bond donors (Lipinski definition) is 1. The van der Waals surface area contributed by atoms with E-state index in [4.69, 9.17) is 16.9 Å². The van der Waals surface area contributed by atoms with Gasteiger partial charge in [-0.3, -0.25) is 0 Å². The number of nitrogens with one attached hydrogen (secondary N) is 1. The minimum atomic E-state index is -0.218. The van der Waals surface area contributed by atoms with E-state index in [2.05, 4.69) is 17.5 Å². The molecule has 5 heteroatoms. The van der Waals surface area contributed by atoms with Gasteiger partial charge in [-0.25, -0.2) is 4.79 Å². The fraction of sp³-hybridized carbons (Fsp3) is 0.222. The van der Waals surface area contributed by atoms with Crippen LogP contribution in [0.4, 0.5) is 10.5 Å². The van der Waals surface area contributed by atoms with Crippen molar-refractivity contribution < 1.29 is 4.79 Å². The van der Waals surface area contributed by atoms with E-state index < -0.39 is 0 Å². The molecule has 0 bridgehead atoms. The molecule has 1 atom stereocenters. The van der Waals surface area contributed by atoms with Crippen LogP contribution in [0.15, 0.2) is 48.5 Å². The lowest BCUT2D eigenvalue weighted by molar-refractivity contribution is 0.183. The lowest BCUT2D eigenvalue weighted by Gasteiger charge is -2.36. The Kier molecular flexibility index (Phi) is 4.50. The fourth-order valence-electron chi connectivity index (χ4n) is 2.96. The predicted molar refractivity (Wildman–Crippen MR) is 90.3 cm³/mol. The van der Waals surface area contributed by atoms with E-state index in [1.807, 2.05) is 18.2 Å². The second kappa shape index (κ2) is 6.72. The molecule has 1 N–H and O–H groups in total. The van der Waals surface area contributed by atoms with Gasteiger partial charge in [0.25, 0.3) is 0 Å². The van der Waals surface area contributed by atoms with Gasteiger partial charge in [0, 0.05) is 17.3 Å². The fourth-order valence-corrected chi connectivity index (χ4v) is 3.15. The summed E-state index contributed by atoms with van der Waals surface area (Å²) in [5.41, 5.74) is 2.91. The summed E-state index contributed by atoms with van der Waals surface area (Å²) in [5, 5.41) is 12.6. The molecular weight excluding hydrogens is 310 g/mol. The zero-order valence-electron chi connectivity index (χ0n) is 12.5. The van der Waals surface area contributed by atoms with Crippen molar-refractivity contribution in [2.24, 2.45) is 0 Å². The van der Waals surface area contributed by atoms with Crippen LogP contribution in [0, 0.1) is 11.3 Å². The van der Waals surface area contributed by atoms with Gasteiger partial charge in [-0.1, -0.05) is 41.9 Å². The molecule has 0 unspecified atom stereocenters. The molecule has 1 aliphatic rings. The Balaban J connectivity index is 1.84. The lowest BCUT2D eigenvalue weighted by atomic mass is 9.91. The van der Waals surface area contributed by atoms with Crippen LogP contribution >= 0.6 is 11.6 Å². The van der Waals surface area contributed by atoms with Crippen LogP contribution < -0.4 is 5.32 Å². The number of rotatable bonds is 2. The number of hydrogen-bond acceptors (Lipinski definition) is 2. The number of benzene rings is 2. The topological polar surface area (TPSA) is 56.1 Å². The maximum Gasteiger partial charge on any atom is 0.322 e. The van der Waals surface area contributed by atoms with Crippen LogP contribution in [0.2, 0.25) is 5.02 Å². The molecule has 0 fully saturated rings. The first kappa shape index (κ1) is 15.4. The van der Waals surface area contributed by atoms with Crippen LogP contribution in [0.1, 0.15) is 23.6 Å². The molecule has 0 saturated carbocycles. The van der Waals surface area contributed by atoms with Crippen LogP contribution in [0.5, 0.6) is 0 Å². The number of urea groups is 1. The van der Waals surface area contributed by atoms with E-state index in [-0.39, 0.29) is 18.5 Å². The van der Waals surface area contributed by atoms with Gasteiger partial charge in [0.15, 0.2) is 0 Å². The van der Waals surface area contributed by atoms with Crippen molar-refractivity contribution in [1.82, 2.24) is 4.90 Å². The van der Waals surface area contributed by atoms with Crippen LogP contribution in [-0.2, 0) is 6.42 Å². The zero-order chi connectivity index (χ0) is 16.2. The van der Waals surface area contributed by atoms with Gasteiger partial charge in [0.1, 0.15) is 0 Å². The summed E-state index contributed by atoms with van der Waals surface area (Å²) < 4.78 is 0. The number of halogens is 1. The number of amides is 2. The Labute approximate surface area is 140 Å². The normalized spacial score (nSPS) is 16.3. The quantitative estimate of drug-likeness (QED) is 0.890. The molecule has 1 heterocycles. The Bertz CT molecular complexity index is 769. The van der Waals surface area contributed by atoms with E-state index in [0.29, 0.717) is 17.3 Å². The van der Waals surface area contributed by atoms with Gasteiger partial charge in [-0.2, -0.15) is 5.26 Å². The van der Waals surface area contributed by atoms with Crippen molar-refractivity contribution in [3.63, 3.8) is 0 Å². The summed E-state index contributed by atoms with van der Waals surface area (Å²) in [4.78, 5) is 14.4. The molecule has 23 heavy (non-hydrogen) atoms. The smallest absolute Gasteiger partial charge is 0.316 e. The van der Waals surface area contributed by atoms with E-state index in [9.17, 15) is 4.79 Å². The first-order valence-corrected chi connectivity index (χ1v) is 7.85. The molecule has 1 aliphatic heterocycles. The molecular formula is C18H16ClN3O. The number of carbonyl (C=O) groups excluding carboxylic acids is 1. The van der Waals surface area contributed by atoms with Crippen LogP contribution in [0.3, 0.4) is 0 Å². The van der Waals surface area contributed by atoms with Crippen molar-refractivity contribution in [2.45, 2.75) is 18.9 Å². The number of nitriles is 1. The first-order chi connectivity index (χ1) is 11.2. The Morgan fingerprint density at radius 3 is 2.91 bits per heavy atom. The Morgan fingerprint density at radius 1 is 1.30 bits per heavy atom. The van der Waals surface area contributed by atoms with Crippen LogP contribution in [-0.4, -0.2) is 17.5 Å². The van der Waals surface area contributed by atoms with Gasteiger partial charge in [-0.05, 0) is 35.7 Å². The summed E-state index contributed by atoms with van der Waals surface area (Å²) in [6.07, 6.45) is 1.07. The van der Waals surface area contributed by atoms with Crippen molar-refractivity contribution in [2.75, 3.05) is 11.9 Å². The van der Waals surface area contributed by atoms with Gasteiger partial charge in [0.05, 0.1) is 18.5 Å². The summed E-state index contributed by atoms with van der Waals surface area (Å²) in [6, 6.07) is 16.8. The standard InChI is InChI=1S/C18H16ClN3O/c19-14-5-3-6-15(12-14)21-18(23)22-11-9-13-4-1-2-7-16(13)17(22)8-10-20/h1-7,12,17H,8-9,11H2,(H,21,23)/t17-/m0/s1. The highest BCUT2D eigenvalue weighted by Crippen LogP contribution is 2.32. The third kappa shape index (κ3) is 3.30. The molecule has 0 radical (unpaired) electrons. The SMILES string of the molecule is N#CC[C@H]1c2ccccc2CCN1C(=O)Nc1cccc(Cl)c1. The minimum absolute atomic E-state index is 0.206. The third-order valence-electron chi connectivity index (χ3n) is 4.03. The molecule has 0 saturated heterocycles. The molecule has 2 amide bonds. The van der Waals surface area contributed by atoms with Crippen LogP contribution in [0.25, 0.3) is 0 Å². The summed E-state index contributed by atoms with van der Waals surface area (Å²) >= 11 is 5.95. The summed E-state index contributed by atoms with van der Waals surface area (Å²) in [7, 11) is 0. The first-order valence-electron chi connectivity index (χ1n) is 7.47. The molecule has 3 rings (SSSR count). The second-order valence-electron chi connectivity index (χ2n) is 5.46. The van der Waals surface area contributed by atoms with E-state index >= 15 is 0 Å². The van der Waals surface area contributed by atoms with Gasteiger partial charge < -0.3 is 10.2 Å². The summed E-state index contributed by atoms with van der Waals surface area (Å²) in [6.45, 7) is 0.593. The molecule has 0 spiro atoms. The van der Waals surface area contributed by atoms with Crippen molar-refractivity contribution in [3.05, 3.63) is 64.7 Å². The van der Waals surface area contributed by atoms with E-state index in [0.717, 1.165) is 12.0 Å². The predicted octanol–water partition coefficient (Wildman–Crippen LogP) is 4.38. The maximum absolute atomic E-state index is 12.6. The Hall–Kier alpha value is -2.51. The maximum atomic E-state index is 12.6. The Morgan fingerprint density at radius 2 is 2.13 bits per heavy atom. The number of anilines is 1. The molecule has 2 aromatic carbocycles. The monoisotopic (exact) mass is 325 g/mol. The molecule has 0 aromatic heterocycles. The number of nitrogens with zero attached hydrogens (tertiary/aromatic N) is 2. The van der Waals surface area contributed by atoms with Gasteiger partial charge >= 0.3 is 6.03 Å². The highest BCUT2D eigenvalue weighted by atomic mass is 35.5. The average Bonchev–Trinajstić information content (AvgIpc) is 2.55. The largest absolute Gasteiger partial charge is 0.322 e. The summed E-state index contributed by atoms with van der Waals surface area (Å²) in [5.74, 6) is 0. The molecule has 2 aromatic rings. The molecule has 4 nitrogen and oxygen atoms in total. The highest BCUT2D eigenvalue weighted by Gasteiger charge is 2.30. The number of fused-ring (bicyclic) bond motifs is 1. The third-order valence-corrected chi connectivity index (χ3v) is 4.27. The van der Waals surface area contributed by atoms with Crippen molar-refractivity contribution in [3.8, 4) is 6.07 Å². The lowest BCUT2D eigenvalue weighted by Crippen LogP contribution is -2.42. The molecule has 116 valence electrons. The second-order valence-corrected chi connectivity index (χ2v) is 5.90. The number of carbonyl (C=O) groups is 1. The average molecular weight is 326 g/mol. The van der Waals surface area contributed by atoms with E-state index in [1.165, 1.54) is 5.56 Å².